The van der Waals surface area contributed by atoms with Gasteiger partial charge < -0.3 is 9.16 Å². The molecule has 0 bridgehead atoms. The van der Waals surface area contributed by atoms with Crippen molar-refractivity contribution in [1.29, 1.82) is 0 Å². The Balaban J connectivity index is 5.83. The van der Waals surface area contributed by atoms with Crippen LogP contribution < -0.4 is 0 Å². The van der Waals surface area contributed by atoms with Gasteiger partial charge in [0.2, 0.25) is 9.76 Å². The third kappa shape index (κ3) is 4.78. The lowest BCUT2D eigenvalue weighted by molar-refractivity contribution is -0.453. The second kappa shape index (κ2) is 8.91. The van der Waals surface area contributed by atoms with Crippen molar-refractivity contribution < 1.29 is 75.0 Å². The average molecular weight is 500 g/mol. The van der Waals surface area contributed by atoms with Crippen LogP contribution in [0.1, 0.15) is 6.42 Å². The predicted molar refractivity (Wildman–Crippen MR) is 68.7 cm³/mol. The summed E-state index contributed by atoms with van der Waals surface area (Å²) in [5.41, 5.74) is 0. The highest BCUT2D eigenvalue weighted by molar-refractivity contribution is 6.26. The van der Waals surface area contributed by atoms with E-state index in [2.05, 4.69) is 9.16 Å². The van der Waals surface area contributed by atoms with E-state index in [4.69, 9.17) is 0 Å². The van der Waals surface area contributed by atoms with Crippen molar-refractivity contribution in [1.82, 2.24) is 0 Å². The quantitative estimate of drug-likeness (QED) is 0.202. The zero-order valence-electron chi connectivity index (χ0n) is 14.3. The highest BCUT2D eigenvalue weighted by atomic mass is 28.2. The standard InChI is InChI=1S/C12H11F15O2Si/c1-28-30-4-2-3-29-5-6(13,14)7(15,16)8(17,18)9(19,20)10(21,22)11(23,24)12(25,26)27/h2-5H2,1H3. The van der Waals surface area contributed by atoms with Crippen LogP contribution in [0.4, 0.5) is 65.9 Å². The second-order valence-corrected chi connectivity index (χ2v) is 6.78. The summed E-state index contributed by atoms with van der Waals surface area (Å²) in [5.74, 6) is -46.4. The maximum Gasteiger partial charge on any atom is 0.460 e. The summed E-state index contributed by atoms with van der Waals surface area (Å²) in [6.07, 6.45) is -7.80. The van der Waals surface area contributed by atoms with Crippen molar-refractivity contribution in [3.63, 3.8) is 0 Å². The average Bonchev–Trinajstić information content (AvgIpc) is 2.56. The van der Waals surface area contributed by atoms with Crippen LogP contribution in [0.3, 0.4) is 0 Å². The van der Waals surface area contributed by atoms with Crippen molar-refractivity contribution >= 4 is 9.76 Å². The second-order valence-electron chi connectivity index (χ2n) is 5.58. The molecule has 2 radical (unpaired) electrons. The number of halogens is 15. The van der Waals surface area contributed by atoms with Gasteiger partial charge in [-0.3, -0.25) is 0 Å². The van der Waals surface area contributed by atoms with Crippen molar-refractivity contribution in [3.05, 3.63) is 0 Å². The van der Waals surface area contributed by atoms with Crippen LogP contribution in [0.2, 0.25) is 6.04 Å². The Labute approximate surface area is 160 Å². The van der Waals surface area contributed by atoms with Crippen LogP contribution in [-0.2, 0) is 9.16 Å². The highest BCUT2D eigenvalue weighted by Crippen LogP contribution is 2.62. The minimum absolute atomic E-state index is 0.103. The van der Waals surface area contributed by atoms with Gasteiger partial charge in [-0.05, 0) is 12.5 Å². The Morgan fingerprint density at radius 2 is 1.00 bits per heavy atom. The van der Waals surface area contributed by atoms with E-state index >= 15 is 0 Å². The number of ether oxygens (including phenoxy) is 1. The third-order valence-corrected chi connectivity index (χ3v) is 4.23. The SMILES string of the molecule is CO[Si]CCCOCC(F)(F)C(F)(F)C(F)(F)C(F)(F)C(F)(F)C(F)(F)C(F)(F)F. The van der Waals surface area contributed by atoms with Crippen LogP contribution in [0.5, 0.6) is 0 Å². The summed E-state index contributed by atoms with van der Waals surface area (Å²) in [7, 11) is 1.00. The van der Waals surface area contributed by atoms with Gasteiger partial charge in [0.15, 0.2) is 0 Å². The van der Waals surface area contributed by atoms with Gasteiger partial charge in [0.1, 0.15) is 6.61 Å². The van der Waals surface area contributed by atoms with Gasteiger partial charge >= 0.3 is 41.7 Å². The van der Waals surface area contributed by atoms with Gasteiger partial charge in [-0.15, -0.1) is 0 Å². The van der Waals surface area contributed by atoms with Gasteiger partial charge in [-0.2, -0.15) is 65.9 Å². The maximum atomic E-state index is 13.4. The van der Waals surface area contributed by atoms with Crippen molar-refractivity contribution in [2.75, 3.05) is 20.3 Å². The molecular weight excluding hydrogens is 489 g/mol. The molecule has 0 rings (SSSR count). The zero-order valence-corrected chi connectivity index (χ0v) is 15.3. The number of rotatable bonds is 12. The van der Waals surface area contributed by atoms with E-state index in [1.54, 1.807) is 0 Å². The fraction of sp³-hybridized carbons (Fsp3) is 1.00. The van der Waals surface area contributed by atoms with E-state index in [1.165, 1.54) is 7.11 Å². The summed E-state index contributed by atoms with van der Waals surface area (Å²) < 4.78 is 202. The number of alkyl halides is 15. The summed E-state index contributed by atoms with van der Waals surface area (Å²) in [6, 6.07) is 0.103. The molecule has 180 valence electrons. The first-order valence-corrected chi connectivity index (χ1v) is 8.35. The van der Waals surface area contributed by atoms with Gasteiger partial charge in [0.05, 0.1) is 0 Å². The summed E-state index contributed by atoms with van der Waals surface area (Å²) in [4.78, 5) is 0. The third-order valence-electron chi connectivity index (χ3n) is 3.39. The largest absolute Gasteiger partial charge is 0.460 e. The molecule has 30 heavy (non-hydrogen) atoms. The molecule has 0 unspecified atom stereocenters. The molecule has 0 aromatic carbocycles. The first-order chi connectivity index (χ1) is 13.1. The minimum atomic E-state index is -8.27. The molecule has 0 aromatic heterocycles. The van der Waals surface area contributed by atoms with Crippen LogP contribution in [0.25, 0.3) is 0 Å². The topological polar surface area (TPSA) is 18.5 Å². The molecule has 0 amide bonds. The van der Waals surface area contributed by atoms with Gasteiger partial charge in [0, 0.05) is 13.7 Å². The molecule has 0 saturated heterocycles. The number of hydrogen-bond donors (Lipinski definition) is 0. The van der Waals surface area contributed by atoms with Crippen LogP contribution >= 0.6 is 0 Å². The summed E-state index contributed by atoms with van der Waals surface area (Å²) in [5, 5.41) is 0. The zero-order chi connectivity index (χ0) is 24.4. The molecule has 0 heterocycles. The lowest BCUT2D eigenvalue weighted by Crippen LogP contribution is -2.73. The van der Waals surface area contributed by atoms with Crippen molar-refractivity contribution in [3.8, 4) is 0 Å². The smallest absolute Gasteiger partial charge is 0.421 e. The highest BCUT2D eigenvalue weighted by Gasteiger charge is 2.93. The van der Waals surface area contributed by atoms with Crippen molar-refractivity contribution in [2.45, 2.75) is 54.2 Å². The van der Waals surface area contributed by atoms with Crippen LogP contribution in [-0.4, -0.2) is 71.8 Å². The molecule has 0 atom stereocenters. The first-order valence-electron chi connectivity index (χ1n) is 7.23. The molecule has 0 aliphatic rings. The fourth-order valence-corrected chi connectivity index (χ4v) is 2.13. The molecule has 0 aliphatic carbocycles. The molecule has 2 nitrogen and oxygen atoms in total. The molecule has 0 saturated carbocycles. The van der Waals surface area contributed by atoms with E-state index in [9.17, 15) is 65.9 Å². The van der Waals surface area contributed by atoms with E-state index < -0.39 is 54.9 Å². The minimum Gasteiger partial charge on any atom is -0.421 e. The van der Waals surface area contributed by atoms with Crippen LogP contribution in [0.15, 0.2) is 0 Å². The van der Waals surface area contributed by atoms with Gasteiger partial charge in [-0.1, -0.05) is 0 Å². The van der Waals surface area contributed by atoms with E-state index in [1.807, 2.05) is 0 Å². The van der Waals surface area contributed by atoms with E-state index in [-0.39, 0.29) is 22.2 Å². The summed E-state index contributed by atoms with van der Waals surface area (Å²) >= 11 is 0. The molecule has 0 aromatic rings. The lowest BCUT2D eigenvalue weighted by Gasteiger charge is -2.41. The van der Waals surface area contributed by atoms with Gasteiger partial charge in [-0.25, -0.2) is 0 Å². The van der Waals surface area contributed by atoms with E-state index in [0.29, 0.717) is 0 Å². The van der Waals surface area contributed by atoms with Gasteiger partial charge in [0.25, 0.3) is 0 Å². The predicted octanol–water partition coefficient (Wildman–Crippen LogP) is 5.45. The normalized spacial score (nSPS) is 15.6. The molecule has 0 fully saturated rings. The lowest BCUT2D eigenvalue weighted by atomic mass is 9.91. The fourth-order valence-electron chi connectivity index (χ4n) is 1.64. The molecule has 18 heteroatoms. The Hall–Kier alpha value is -0.913. The van der Waals surface area contributed by atoms with E-state index in [0.717, 1.165) is 0 Å². The monoisotopic (exact) mass is 500 g/mol. The summed E-state index contributed by atoms with van der Waals surface area (Å²) in [6.45, 7) is -3.60. The molecule has 0 spiro atoms. The molecular formula is C12H11F15O2Si. The van der Waals surface area contributed by atoms with Crippen molar-refractivity contribution in [2.24, 2.45) is 0 Å². The number of hydrogen-bond acceptors (Lipinski definition) is 2. The Morgan fingerprint density at radius 3 is 1.40 bits per heavy atom. The van der Waals surface area contributed by atoms with Crippen LogP contribution in [0, 0.1) is 0 Å². The molecule has 0 N–H and O–H groups in total. The molecule has 0 aliphatic heterocycles. The maximum absolute atomic E-state index is 13.4. The Bertz CT molecular complexity index is 560. The first kappa shape index (κ1) is 29.1. The Morgan fingerprint density at radius 1 is 0.600 bits per heavy atom. The Kier molecular flexibility index (Phi) is 8.64.